The second-order valence-corrected chi connectivity index (χ2v) is 5.45. The Hall–Kier alpha value is -1.67. The van der Waals surface area contributed by atoms with E-state index < -0.39 is 0 Å². The highest BCUT2D eigenvalue weighted by atomic mass is 16.3. The van der Waals surface area contributed by atoms with Crippen molar-refractivity contribution in [2.75, 3.05) is 36.3 Å². The van der Waals surface area contributed by atoms with Crippen molar-refractivity contribution in [1.82, 2.24) is 15.0 Å². The van der Waals surface area contributed by atoms with Crippen LogP contribution in [0.25, 0.3) is 0 Å². The van der Waals surface area contributed by atoms with Gasteiger partial charge in [-0.3, -0.25) is 5.43 Å². The number of aliphatic hydroxyl groups excluding tert-OH is 1. The smallest absolute Gasteiger partial charge is 0.243 e. The molecule has 0 atom stereocenters. The molecule has 0 radical (unpaired) electrons. The maximum absolute atomic E-state index is 9.72. The molecule has 0 saturated heterocycles. The van der Waals surface area contributed by atoms with Gasteiger partial charge in [0.05, 0.1) is 12.1 Å². The van der Waals surface area contributed by atoms with Crippen molar-refractivity contribution in [2.45, 2.75) is 37.6 Å². The Morgan fingerprint density at radius 2 is 1.80 bits per heavy atom. The number of hydrogen-bond acceptors (Lipinski definition) is 8. The van der Waals surface area contributed by atoms with E-state index in [1.54, 1.807) is 4.90 Å². The average Bonchev–Trinajstić information content (AvgIpc) is 2.47. The van der Waals surface area contributed by atoms with Crippen LogP contribution in [0.2, 0.25) is 0 Å². The monoisotopic (exact) mass is 281 g/mol. The summed E-state index contributed by atoms with van der Waals surface area (Å²) < 4.78 is 0. The first-order valence-electron chi connectivity index (χ1n) is 6.88. The highest BCUT2D eigenvalue weighted by molar-refractivity contribution is 5.43. The van der Waals surface area contributed by atoms with Gasteiger partial charge in [0.15, 0.2) is 0 Å². The van der Waals surface area contributed by atoms with E-state index in [1.165, 1.54) is 6.42 Å². The fourth-order valence-corrected chi connectivity index (χ4v) is 2.47. The molecule has 0 aromatic carbocycles. The third-order valence-electron chi connectivity index (χ3n) is 3.64. The lowest BCUT2D eigenvalue weighted by molar-refractivity contribution is 0.172. The molecule has 1 heterocycles. The minimum absolute atomic E-state index is 0.0708. The summed E-state index contributed by atoms with van der Waals surface area (Å²) in [4.78, 5) is 14.5. The Balaban J connectivity index is 2.24. The van der Waals surface area contributed by atoms with Gasteiger partial charge < -0.3 is 15.3 Å². The van der Waals surface area contributed by atoms with Gasteiger partial charge in [0, 0.05) is 14.1 Å². The van der Waals surface area contributed by atoms with Crippen LogP contribution in [0.4, 0.5) is 17.8 Å². The molecule has 20 heavy (non-hydrogen) atoms. The summed E-state index contributed by atoms with van der Waals surface area (Å²) in [6.07, 6.45) is 5.23. The summed E-state index contributed by atoms with van der Waals surface area (Å²) in [6.45, 7) is 0.0708. The van der Waals surface area contributed by atoms with Crippen molar-refractivity contribution in [1.29, 1.82) is 0 Å². The summed E-state index contributed by atoms with van der Waals surface area (Å²) in [5.41, 5.74) is 2.10. The molecule has 0 aliphatic heterocycles. The van der Waals surface area contributed by atoms with Gasteiger partial charge in [0.2, 0.25) is 17.8 Å². The number of nitrogens with zero attached hydrogens (tertiary/aromatic N) is 4. The zero-order valence-electron chi connectivity index (χ0n) is 12.1. The zero-order chi connectivity index (χ0) is 14.6. The summed E-state index contributed by atoms with van der Waals surface area (Å²) in [5.74, 6) is 6.64. The molecule has 1 aromatic heterocycles. The Labute approximate surface area is 118 Å². The van der Waals surface area contributed by atoms with E-state index in [4.69, 9.17) is 5.84 Å². The number of nitrogen functional groups attached to an aromatic ring is 1. The summed E-state index contributed by atoms with van der Waals surface area (Å²) >= 11 is 0. The van der Waals surface area contributed by atoms with E-state index in [2.05, 4.69) is 25.7 Å². The highest BCUT2D eigenvalue weighted by Crippen LogP contribution is 2.30. The minimum atomic E-state index is -0.338. The van der Waals surface area contributed by atoms with Crippen LogP contribution >= 0.6 is 0 Å². The van der Waals surface area contributed by atoms with E-state index in [0.29, 0.717) is 17.8 Å². The van der Waals surface area contributed by atoms with Gasteiger partial charge in [-0.05, 0) is 12.8 Å². The van der Waals surface area contributed by atoms with Crippen LogP contribution in [-0.4, -0.2) is 46.3 Å². The molecule has 0 bridgehead atoms. The molecule has 0 unspecified atom stereocenters. The lowest BCUT2D eigenvalue weighted by Crippen LogP contribution is -2.44. The van der Waals surface area contributed by atoms with Gasteiger partial charge in [-0.2, -0.15) is 15.0 Å². The number of anilines is 3. The van der Waals surface area contributed by atoms with Crippen molar-refractivity contribution in [3.63, 3.8) is 0 Å². The average molecular weight is 281 g/mol. The SMILES string of the molecule is CN(C)c1nc(NN)nc(NC2(CO)CCCCC2)n1. The lowest BCUT2D eigenvalue weighted by Gasteiger charge is -2.36. The van der Waals surface area contributed by atoms with E-state index in [1.807, 2.05) is 14.1 Å². The van der Waals surface area contributed by atoms with E-state index in [9.17, 15) is 5.11 Å². The van der Waals surface area contributed by atoms with Gasteiger partial charge >= 0.3 is 0 Å². The maximum atomic E-state index is 9.72. The molecule has 1 aliphatic carbocycles. The van der Waals surface area contributed by atoms with E-state index >= 15 is 0 Å². The van der Waals surface area contributed by atoms with Crippen LogP contribution in [0.3, 0.4) is 0 Å². The molecular weight excluding hydrogens is 258 g/mol. The predicted molar refractivity (Wildman–Crippen MR) is 78.5 cm³/mol. The Morgan fingerprint density at radius 3 is 2.35 bits per heavy atom. The number of aliphatic hydroxyl groups is 1. The van der Waals surface area contributed by atoms with Crippen molar-refractivity contribution in [2.24, 2.45) is 5.84 Å². The molecule has 0 spiro atoms. The molecule has 0 amide bonds. The molecule has 112 valence electrons. The molecule has 1 fully saturated rings. The molecular formula is C12H23N7O. The largest absolute Gasteiger partial charge is 0.394 e. The van der Waals surface area contributed by atoms with Gasteiger partial charge in [-0.25, -0.2) is 5.84 Å². The first-order valence-corrected chi connectivity index (χ1v) is 6.88. The number of aromatic nitrogens is 3. The second kappa shape index (κ2) is 6.19. The minimum Gasteiger partial charge on any atom is -0.394 e. The summed E-state index contributed by atoms with van der Waals surface area (Å²) in [7, 11) is 3.70. The number of hydrogen-bond donors (Lipinski definition) is 4. The highest BCUT2D eigenvalue weighted by Gasteiger charge is 2.32. The number of nitrogens with two attached hydrogens (primary N) is 1. The van der Waals surface area contributed by atoms with Crippen LogP contribution in [0.5, 0.6) is 0 Å². The number of rotatable bonds is 5. The Morgan fingerprint density at radius 1 is 1.15 bits per heavy atom. The van der Waals surface area contributed by atoms with Crippen LogP contribution < -0.4 is 21.5 Å². The number of nitrogens with one attached hydrogen (secondary N) is 2. The summed E-state index contributed by atoms with van der Waals surface area (Å²) in [6, 6.07) is 0. The topological polar surface area (TPSA) is 112 Å². The molecule has 1 saturated carbocycles. The normalized spacial score (nSPS) is 17.6. The van der Waals surface area contributed by atoms with Crippen LogP contribution in [0, 0.1) is 0 Å². The maximum Gasteiger partial charge on any atom is 0.243 e. The Kier molecular flexibility index (Phi) is 4.56. The van der Waals surface area contributed by atoms with E-state index in [0.717, 1.165) is 25.7 Å². The van der Waals surface area contributed by atoms with Crippen molar-refractivity contribution >= 4 is 17.8 Å². The quantitative estimate of drug-likeness (QED) is 0.451. The van der Waals surface area contributed by atoms with Crippen molar-refractivity contribution in [3.8, 4) is 0 Å². The van der Waals surface area contributed by atoms with Gasteiger partial charge in [-0.15, -0.1) is 0 Å². The molecule has 8 heteroatoms. The third kappa shape index (κ3) is 3.26. The van der Waals surface area contributed by atoms with Crippen molar-refractivity contribution < 1.29 is 5.11 Å². The zero-order valence-corrected chi connectivity index (χ0v) is 12.1. The lowest BCUT2D eigenvalue weighted by atomic mass is 9.82. The van der Waals surface area contributed by atoms with Crippen LogP contribution in [-0.2, 0) is 0 Å². The third-order valence-corrected chi connectivity index (χ3v) is 3.64. The first kappa shape index (κ1) is 14.7. The number of hydrazine groups is 1. The van der Waals surface area contributed by atoms with Crippen molar-refractivity contribution in [3.05, 3.63) is 0 Å². The van der Waals surface area contributed by atoms with Crippen LogP contribution in [0.1, 0.15) is 32.1 Å². The van der Waals surface area contributed by atoms with Crippen LogP contribution in [0.15, 0.2) is 0 Å². The molecule has 2 rings (SSSR count). The fraction of sp³-hybridized carbons (Fsp3) is 0.750. The van der Waals surface area contributed by atoms with Gasteiger partial charge in [0.25, 0.3) is 0 Å². The molecule has 1 aliphatic rings. The fourth-order valence-electron chi connectivity index (χ4n) is 2.47. The van der Waals surface area contributed by atoms with Gasteiger partial charge in [0.1, 0.15) is 0 Å². The standard InChI is InChI=1S/C12H23N7O/c1-19(2)11-15-9(14-10(16-11)18-13)17-12(8-20)6-4-3-5-7-12/h20H,3-8,13H2,1-2H3,(H2,14,15,16,17,18). The second-order valence-electron chi connectivity index (χ2n) is 5.45. The Bertz CT molecular complexity index is 445. The van der Waals surface area contributed by atoms with Gasteiger partial charge in [-0.1, -0.05) is 19.3 Å². The molecule has 1 aromatic rings. The predicted octanol–water partition coefficient (Wildman–Crippen LogP) is 0.330. The summed E-state index contributed by atoms with van der Waals surface area (Å²) in [5, 5.41) is 13.0. The molecule has 8 nitrogen and oxygen atoms in total. The van der Waals surface area contributed by atoms with E-state index in [-0.39, 0.29) is 12.1 Å². The molecule has 5 N–H and O–H groups in total. The first-order chi connectivity index (χ1) is 9.58.